The lowest BCUT2D eigenvalue weighted by Gasteiger charge is -2.23. The number of nitrogens with zero attached hydrogens (tertiary/aromatic N) is 3. The van der Waals surface area contributed by atoms with Crippen molar-refractivity contribution in [1.82, 2.24) is 15.1 Å². The molecule has 0 aliphatic rings. The van der Waals surface area contributed by atoms with Crippen molar-refractivity contribution in [3.8, 4) is 0 Å². The molecule has 0 spiro atoms. The van der Waals surface area contributed by atoms with Crippen LogP contribution in [0.4, 0.5) is 8.78 Å². The first-order chi connectivity index (χ1) is 9.87. The summed E-state index contributed by atoms with van der Waals surface area (Å²) >= 11 is 0.460. The van der Waals surface area contributed by atoms with Gasteiger partial charge in [0.1, 0.15) is 0 Å². The topological polar surface area (TPSA) is 75.6 Å². The molecule has 0 aliphatic carbocycles. The Hall–Kier alpha value is -1.19. The molecule has 1 aromatic heterocycles. The highest BCUT2D eigenvalue weighted by Gasteiger charge is 2.38. The van der Waals surface area contributed by atoms with E-state index in [0.29, 0.717) is 24.4 Å². The summed E-state index contributed by atoms with van der Waals surface area (Å²) in [6, 6.07) is 0. The second kappa shape index (κ2) is 7.71. The molecular formula is C12H19F2N3O3S. The summed E-state index contributed by atoms with van der Waals surface area (Å²) < 4.78 is 30.5. The van der Waals surface area contributed by atoms with E-state index < -0.39 is 23.1 Å². The van der Waals surface area contributed by atoms with Gasteiger partial charge < -0.3 is 14.7 Å². The molecule has 0 aromatic carbocycles. The zero-order valence-corrected chi connectivity index (χ0v) is 13.0. The third-order valence-electron chi connectivity index (χ3n) is 2.71. The minimum Gasteiger partial charge on any atom is -0.376 e. The van der Waals surface area contributed by atoms with Crippen molar-refractivity contribution >= 4 is 17.2 Å². The molecule has 1 rings (SSSR count). The van der Waals surface area contributed by atoms with Crippen LogP contribution in [0.15, 0.2) is 0 Å². The Balaban J connectivity index is 2.87. The fraction of sp³-hybridized carbons (Fsp3) is 0.750. The summed E-state index contributed by atoms with van der Waals surface area (Å²) in [5, 5.41) is 15.9. The first-order valence-electron chi connectivity index (χ1n) is 6.61. The standard InChI is InChI=1S/C12H19F2N3O3S/c1-4-6-17(7-5-2)10(19)8(18)9-15-16-11(21-9)12(13,14)20-3/h8,18H,4-7H2,1-3H3. The molecule has 0 saturated heterocycles. The number of aliphatic hydroxyl groups is 1. The second-order valence-corrected chi connectivity index (χ2v) is 5.40. The van der Waals surface area contributed by atoms with E-state index >= 15 is 0 Å². The summed E-state index contributed by atoms with van der Waals surface area (Å²) in [6.45, 7) is 4.79. The molecule has 0 saturated carbocycles. The molecule has 9 heteroatoms. The minimum atomic E-state index is -3.58. The monoisotopic (exact) mass is 323 g/mol. The maximum Gasteiger partial charge on any atom is 0.411 e. The van der Waals surface area contributed by atoms with Crippen molar-refractivity contribution in [1.29, 1.82) is 0 Å². The van der Waals surface area contributed by atoms with Gasteiger partial charge in [-0.25, -0.2) is 0 Å². The van der Waals surface area contributed by atoms with E-state index in [9.17, 15) is 18.7 Å². The zero-order valence-electron chi connectivity index (χ0n) is 12.2. The molecule has 1 aromatic rings. The number of aliphatic hydroxyl groups excluding tert-OH is 1. The van der Waals surface area contributed by atoms with Gasteiger partial charge in [-0.3, -0.25) is 4.79 Å². The van der Waals surface area contributed by atoms with E-state index in [-0.39, 0.29) is 5.01 Å². The van der Waals surface area contributed by atoms with Crippen molar-refractivity contribution in [2.45, 2.75) is 38.9 Å². The van der Waals surface area contributed by atoms with Gasteiger partial charge in [-0.05, 0) is 12.8 Å². The van der Waals surface area contributed by atoms with Crippen molar-refractivity contribution in [3.63, 3.8) is 0 Å². The van der Waals surface area contributed by atoms with Gasteiger partial charge in [0.05, 0.1) is 0 Å². The van der Waals surface area contributed by atoms with Crippen molar-refractivity contribution in [2.75, 3.05) is 20.2 Å². The van der Waals surface area contributed by atoms with Crippen LogP contribution in [0.1, 0.15) is 42.8 Å². The van der Waals surface area contributed by atoms with Gasteiger partial charge in [-0.2, -0.15) is 8.78 Å². The van der Waals surface area contributed by atoms with Gasteiger partial charge in [0.2, 0.25) is 5.01 Å². The normalized spacial score (nSPS) is 13.2. The first-order valence-corrected chi connectivity index (χ1v) is 7.42. The summed E-state index contributed by atoms with van der Waals surface area (Å²) in [5.41, 5.74) is 0. The molecule has 1 N–H and O–H groups in total. The van der Waals surface area contributed by atoms with Crippen LogP contribution in [0, 0.1) is 0 Å². The number of ether oxygens (including phenoxy) is 1. The number of aromatic nitrogens is 2. The van der Waals surface area contributed by atoms with E-state index in [2.05, 4.69) is 14.9 Å². The number of hydrogen-bond acceptors (Lipinski definition) is 6. The summed E-state index contributed by atoms with van der Waals surface area (Å²) in [7, 11) is 0.840. The SMILES string of the molecule is CCCN(CCC)C(=O)C(O)c1nnc(C(F)(F)OC)s1. The molecule has 1 atom stereocenters. The average molecular weight is 323 g/mol. The number of amides is 1. The summed E-state index contributed by atoms with van der Waals surface area (Å²) in [6.07, 6.45) is -3.68. The lowest BCUT2D eigenvalue weighted by molar-refractivity contribution is -0.231. The van der Waals surface area contributed by atoms with E-state index in [1.165, 1.54) is 4.90 Å². The molecule has 0 bridgehead atoms. The predicted octanol–water partition coefficient (Wildman–Crippen LogP) is 1.92. The van der Waals surface area contributed by atoms with Crippen LogP contribution < -0.4 is 0 Å². The van der Waals surface area contributed by atoms with Gasteiger partial charge in [0, 0.05) is 20.2 Å². The summed E-state index contributed by atoms with van der Waals surface area (Å²) in [4.78, 5) is 13.6. The predicted molar refractivity (Wildman–Crippen MR) is 72.9 cm³/mol. The lowest BCUT2D eigenvalue weighted by atomic mass is 10.2. The molecule has 0 radical (unpaired) electrons. The lowest BCUT2D eigenvalue weighted by Crippen LogP contribution is -2.36. The third kappa shape index (κ3) is 4.39. The average Bonchev–Trinajstić information content (AvgIpc) is 2.96. The van der Waals surface area contributed by atoms with Gasteiger partial charge in [0.15, 0.2) is 11.1 Å². The highest BCUT2D eigenvalue weighted by atomic mass is 32.1. The summed E-state index contributed by atoms with van der Waals surface area (Å²) in [5.74, 6) is -0.554. The Kier molecular flexibility index (Phi) is 6.56. The Bertz CT molecular complexity index is 464. The van der Waals surface area contributed by atoms with Crippen LogP contribution in [0.2, 0.25) is 0 Å². The fourth-order valence-electron chi connectivity index (χ4n) is 1.70. The highest BCUT2D eigenvalue weighted by molar-refractivity contribution is 7.11. The maximum absolute atomic E-state index is 13.3. The van der Waals surface area contributed by atoms with E-state index in [1.807, 2.05) is 13.8 Å². The van der Waals surface area contributed by atoms with Crippen LogP contribution in [0.5, 0.6) is 0 Å². The van der Waals surface area contributed by atoms with Gasteiger partial charge >= 0.3 is 6.11 Å². The largest absolute Gasteiger partial charge is 0.411 e. The highest BCUT2D eigenvalue weighted by Crippen LogP contribution is 2.32. The molecule has 0 aliphatic heterocycles. The van der Waals surface area contributed by atoms with Gasteiger partial charge in [-0.15, -0.1) is 10.2 Å². The van der Waals surface area contributed by atoms with Crippen molar-refractivity contribution in [3.05, 3.63) is 10.0 Å². The van der Waals surface area contributed by atoms with E-state index in [1.54, 1.807) is 0 Å². The Labute approximate surface area is 125 Å². The van der Waals surface area contributed by atoms with Crippen LogP contribution in [0.3, 0.4) is 0 Å². The number of methoxy groups -OCH3 is 1. The van der Waals surface area contributed by atoms with Crippen LogP contribution in [0.25, 0.3) is 0 Å². The molecule has 1 amide bonds. The molecule has 1 unspecified atom stereocenters. The van der Waals surface area contributed by atoms with Crippen LogP contribution in [-0.2, 0) is 15.6 Å². The minimum absolute atomic E-state index is 0.163. The van der Waals surface area contributed by atoms with E-state index in [4.69, 9.17) is 0 Å². The fourth-order valence-corrected chi connectivity index (χ4v) is 2.48. The van der Waals surface area contributed by atoms with Crippen LogP contribution >= 0.6 is 11.3 Å². The smallest absolute Gasteiger partial charge is 0.376 e. The molecule has 120 valence electrons. The molecule has 21 heavy (non-hydrogen) atoms. The molecule has 0 fully saturated rings. The number of carbonyl (C=O) groups excluding carboxylic acids is 1. The Morgan fingerprint density at radius 1 is 1.38 bits per heavy atom. The third-order valence-corrected chi connectivity index (χ3v) is 3.74. The second-order valence-electron chi connectivity index (χ2n) is 4.39. The molecule has 1 heterocycles. The van der Waals surface area contributed by atoms with Crippen LogP contribution in [-0.4, -0.2) is 46.3 Å². The molecular weight excluding hydrogens is 304 g/mol. The molecule has 6 nitrogen and oxygen atoms in total. The number of hydrogen-bond donors (Lipinski definition) is 1. The quantitative estimate of drug-likeness (QED) is 0.791. The number of halogens is 2. The Morgan fingerprint density at radius 3 is 2.43 bits per heavy atom. The number of carbonyl (C=O) groups is 1. The number of alkyl halides is 2. The number of rotatable bonds is 8. The van der Waals surface area contributed by atoms with E-state index in [0.717, 1.165) is 20.0 Å². The van der Waals surface area contributed by atoms with Gasteiger partial charge in [0.25, 0.3) is 5.91 Å². The van der Waals surface area contributed by atoms with Crippen molar-refractivity contribution in [2.24, 2.45) is 0 Å². The Morgan fingerprint density at radius 2 is 1.95 bits per heavy atom. The maximum atomic E-state index is 13.3. The van der Waals surface area contributed by atoms with Crippen molar-refractivity contribution < 1.29 is 23.4 Å². The van der Waals surface area contributed by atoms with Gasteiger partial charge in [-0.1, -0.05) is 25.2 Å². The first kappa shape index (κ1) is 17.9. The zero-order chi connectivity index (χ0) is 16.0.